The van der Waals surface area contributed by atoms with Gasteiger partial charge in [-0.05, 0) is 64.6 Å². The van der Waals surface area contributed by atoms with Gasteiger partial charge in [0.15, 0.2) is 0 Å². The lowest BCUT2D eigenvalue weighted by atomic mass is 10.1. The van der Waals surface area contributed by atoms with Gasteiger partial charge in [-0.2, -0.15) is 0 Å². The van der Waals surface area contributed by atoms with Crippen LogP contribution in [0.4, 0.5) is 0 Å². The Morgan fingerprint density at radius 3 is 2.53 bits per heavy atom. The van der Waals surface area contributed by atoms with Crippen LogP contribution in [-0.4, -0.2) is 6.54 Å². The molecule has 0 unspecified atom stereocenters. The molecule has 0 amide bonds. The quantitative estimate of drug-likeness (QED) is 0.908. The minimum atomic E-state index is 0.567. The molecule has 0 aliphatic rings. The Labute approximate surface area is 122 Å². The predicted octanol–water partition coefficient (Wildman–Crippen LogP) is 3.84. The lowest BCUT2D eigenvalue weighted by Crippen LogP contribution is -2.07. The van der Waals surface area contributed by atoms with Crippen LogP contribution in [0.1, 0.15) is 16.7 Å². The Morgan fingerprint density at radius 1 is 1.11 bits per heavy atom. The Kier molecular flexibility index (Phi) is 5.00. The van der Waals surface area contributed by atoms with Crippen molar-refractivity contribution in [1.82, 2.24) is 0 Å². The van der Waals surface area contributed by atoms with Crippen molar-refractivity contribution in [3.63, 3.8) is 0 Å². The molecule has 2 aromatic carbocycles. The van der Waals surface area contributed by atoms with Gasteiger partial charge in [-0.25, -0.2) is 0 Å². The second kappa shape index (κ2) is 6.73. The van der Waals surface area contributed by atoms with Gasteiger partial charge < -0.3 is 10.5 Å². The van der Waals surface area contributed by atoms with E-state index in [4.69, 9.17) is 10.5 Å². The first-order valence-corrected chi connectivity index (χ1v) is 7.16. The highest BCUT2D eigenvalue weighted by Gasteiger charge is 2.04. The van der Waals surface area contributed by atoms with Crippen LogP contribution in [0, 0.1) is 6.92 Å². The van der Waals surface area contributed by atoms with E-state index in [1.165, 1.54) is 16.7 Å². The molecule has 2 nitrogen and oxygen atoms in total. The predicted molar refractivity (Wildman–Crippen MR) is 82.4 cm³/mol. The summed E-state index contributed by atoms with van der Waals surface area (Å²) < 4.78 is 6.87. The summed E-state index contributed by atoms with van der Waals surface area (Å²) in [6.07, 6.45) is 0.884. The molecule has 100 valence electrons. The zero-order chi connectivity index (χ0) is 13.7. The molecule has 2 rings (SSSR count). The molecule has 3 heteroatoms. The zero-order valence-corrected chi connectivity index (χ0v) is 12.6. The van der Waals surface area contributed by atoms with Crippen molar-refractivity contribution < 1.29 is 4.74 Å². The Balaban J connectivity index is 2.10. The molecule has 0 atom stereocenters. The van der Waals surface area contributed by atoms with Crippen LogP contribution in [0.25, 0.3) is 0 Å². The second-order valence-electron chi connectivity index (χ2n) is 4.53. The summed E-state index contributed by atoms with van der Waals surface area (Å²) in [5, 5.41) is 0. The first-order chi connectivity index (χ1) is 9.20. The van der Waals surface area contributed by atoms with Gasteiger partial charge in [0.05, 0.1) is 4.47 Å². The maximum atomic E-state index is 5.88. The normalized spacial score (nSPS) is 10.5. The van der Waals surface area contributed by atoms with Crippen molar-refractivity contribution in [3.8, 4) is 5.75 Å². The van der Waals surface area contributed by atoms with E-state index in [0.29, 0.717) is 13.2 Å². The minimum Gasteiger partial charge on any atom is -0.488 e. The molecule has 19 heavy (non-hydrogen) atoms. The summed E-state index contributed by atoms with van der Waals surface area (Å²) in [7, 11) is 0. The highest BCUT2D eigenvalue weighted by atomic mass is 79.9. The molecule has 0 saturated heterocycles. The van der Waals surface area contributed by atoms with Crippen molar-refractivity contribution in [3.05, 3.63) is 63.6 Å². The van der Waals surface area contributed by atoms with Crippen LogP contribution >= 0.6 is 15.9 Å². The van der Waals surface area contributed by atoms with Crippen molar-refractivity contribution in [1.29, 1.82) is 0 Å². The molecule has 0 radical (unpaired) electrons. The van der Waals surface area contributed by atoms with E-state index >= 15 is 0 Å². The standard InChI is InChI=1S/C16H18BrNO/c1-12-6-7-16(15(17)10-12)19-11-14-5-3-2-4-13(14)8-9-18/h2-7,10H,8-9,11,18H2,1H3. The summed E-state index contributed by atoms with van der Waals surface area (Å²) >= 11 is 3.52. The van der Waals surface area contributed by atoms with E-state index in [-0.39, 0.29) is 0 Å². The van der Waals surface area contributed by atoms with E-state index in [2.05, 4.69) is 41.1 Å². The molecule has 0 fully saturated rings. The maximum absolute atomic E-state index is 5.88. The maximum Gasteiger partial charge on any atom is 0.134 e. The van der Waals surface area contributed by atoms with Crippen LogP contribution in [0.3, 0.4) is 0 Å². The third kappa shape index (κ3) is 3.82. The molecule has 0 aliphatic carbocycles. The lowest BCUT2D eigenvalue weighted by molar-refractivity contribution is 0.303. The lowest BCUT2D eigenvalue weighted by Gasteiger charge is -2.12. The van der Waals surface area contributed by atoms with Gasteiger partial charge in [0.25, 0.3) is 0 Å². The minimum absolute atomic E-state index is 0.567. The topological polar surface area (TPSA) is 35.2 Å². The molecular weight excluding hydrogens is 302 g/mol. The average Bonchev–Trinajstić information content (AvgIpc) is 2.40. The van der Waals surface area contributed by atoms with Gasteiger partial charge in [-0.3, -0.25) is 0 Å². The monoisotopic (exact) mass is 319 g/mol. The molecule has 0 aromatic heterocycles. The smallest absolute Gasteiger partial charge is 0.134 e. The van der Waals surface area contributed by atoms with Crippen LogP contribution in [0.15, 0.2) is 46.9 Å². The van der Waals surface area contributed by atoms with E-state index in [1.807, 2.05) is 24.3 Å². The van der Waals surface area contributed by atoms with Crippen molar-refractivity contribution in [2.24, 2.45) is 5.73 Å². The number of benzene rings is 2. The summed E-state index contributed by atoms with van der Waals surface area (Å²) in [6, 6.07) is 14.4. The van der Waals surface area contributed by atoms with Gasteiger partial charge in [0.2, 0.25) is 0 Å². The average molecular weight is 320 g/mol. The van der Waals surface area contributed by atoms with E-state index in [9.17, 15) is 0 Å². The number of rotatable bonds is 5. The van der Waals surface area contributed by atoms with Gasteiger partial charge in [-0.1, -0.05) is 30.3 Å². The van der Waals surface area contributed by atoms with Crippen LogP contribution in [-0.2, 0) is 13.0 Å². The molecule has 0 heterocycles. The number of hydrogen-bond acceptors (Lipinski definition) is 2. The Hall–Kier alpha value is -1.32. The summed E-state index contributed by atoms with van der Waals surface area (Å²) in [6.45, 7) is 3.29. The van der Waals surface area contributed by atoms with Gasteiger partial charge in [0.1, 0.15) is 12.4 Å². The molecular formula is C16H18BrNO. The highest BCUT2D eigenvalue weighted by molar-refractivity contribution is 9.10. The fourth-order valence-electron chi connectivity index (χ4n) is 1.98. The summed E-state index contributed by atoms with van der Waals surface area (Å²) in [5.74, 6) is 0.869. The Morgan fingerprint density at radius 2 is 1.84 bits per heavy atom. The fourth-order valence-corrected chi connectivity index (χ4v) is 2.58. The molecule has 2 aromatic rings. The van der Waals surface area contributed by atoms with Crippen molar-refractivity contribution in [2.45, 2.75) is 20.0 Å². The third-order valence-corrected chi connectivity index (χ3v) is 3.62. The first-order valence-electron chi connectivity index (χ1n) is 6.36. The molecule has 0 saturated carbocycles. The van der Waals surface area contributed by atoms with Crippen molar-refractivity contribution in [2.75, 3.05) is 6.54 Å². The molecule has 0 bridgehead atoms. The van der Waals surface area contributed by atoms with Gasteiger partial charge in [0, 0.05) is 0 Å². The van der Waals surface area contributed by atoms with Gasteiger partial charge >= 0.3 is 0 Å². The first kappa shape index (κ1) is 14.1. The van der Waals surface area contributed by atoms with E-state index in [1.54, 1.807) is 0 Å². The Bertz CT molecular complexity index is 554. The number of halogens is 1. The zero-order valence-electron chi connectivity index (χ0n) is 11.0. The number of hydrogen-bond donors (Lipinski definition) is 1. The third-order valence-electron chi connectivity index (χ3n) is 3.00. The molecule has 2 N–H and O–H groups in total. The molecule has 0 spiro atoms. The molecule has 0 aliphatic heterocycles. The van der Waals surface area contributed by atoms with E-state index in [0.717, 1.165) is 16.6 Å². The number of aryl methyl sites for hydroxylation is 1. The largest absolute Gasteiger partial charge is 0.488 e. The van der Waals surface area contributed by atoms with Crippen molar-refractivity contribution >= 4 is 15.9 Å². The fraction of sp³-hybridized carbons (Fsp3) is 0.250. The van der Waals surface area contributed by atoms with Crippen LogP contribution in [0.5, 0.6) is 5.75 Å². The number of nitrogens with two attached hydrogens (primary N) is 1. The number of ether oxygens (including phenoxy) is 1. The highest BCUT2D eigenvalue weighted by Crippen LogP contribution is 2.26. The summed E-state index contributed by atoms with van der Waals surface area (Å²) in [5.41, 5.74) is 9.29. The van der Waals surface area contributed by atoms with E-state index < -0.39 is 0 Å². The summed E-state index contributed by atoms with van der Waals surface area (Å²) in [4.78, 5) is 0. The SMILES string of the molecule is Cc1ccc(OCc2ccccc2CCN)c(Br)c1. The van der Waals surface area contributed by atoms with Gasteiger partial charge in [-0.15, -0.1) is 0 Å². The van der Waals surface area contributed by atoms with Crippen LogP contribution in [0.2, 0.25) is 0 Å². The second-order valence-corrected chi connectivity index (χ2v) is 5.38. The van der Waals surface area contributed by atoms with Crippen LogP contribution < -0.4 is 10.5 Å².